The zero-order valence-electron chi connectivity index (χ0n) is 16.9. The van der Waals surface area contributed by atoms with E-state index in [2.05, 4.69) is 15.5 Å². The Balaban J connectivity index is 0.00000300. The van der Waals surface area contributed by atoms with Gasteiger partial charge in [0.15, 0.2) is 15.8 Å². The van der Waals surface area contributed by atoms with Crippen molar-refractivity contribution in [2.45, 2.75) is 38.8 Å². The van der Waals surface area contributed by atoms with E-state index in [9.17, 15) is 12.8 Å². The lowest BCUT2D eigenvalue weighted by Gasteiger charge is -2.31. The Labute approximate surface area is 190 Å². The molecule has 164 valence electrons. The molecule has 9 heteroatoms. The molecule has 3 rings (SSSR count). The predicted octanol–water partition coefficient (Wildman–Crippen LogP) is 2.40. The van der Waals surface area contributed by atoms with E-state index < -0.39 is 9.84 Å². The van der Waals surface area contributed by atoms with Gasteiger partial charge in [0.2, 0.25) is 0 Å². The van der Waals surface area contributed by atoms with Gasteiger partial charge in [0.05, 0.1) is 11.5 Å². The van der Waals surface area contributed by atoms with Gasteiger partial charge in [0.1, 0.15) is 5.82 Å². The molecule has 0 radical (unpaired) electrons. The van der Waals surface area contributed by atoms with Crippen molar-refractivity contribution in [2.75, 3.05) is 37.7 Å². The summed E-state index contributed by atoms with van der Waals surface area (Å²) in [4.78, 5) is 6.99. The maximum absolute atomic E-state index is 13.8. The summed E-state index contributed by atoms with van der Waals surface area (Å²) in [6.45, 7) is 6.01. The summed E-state index contributed by atoms with van der Waals surface area (Å²) in [6.07, 6.45) is 2.71. The van der Waals surface area contributed by atoms with Crippen molar-refractivity contribution >= 4 is 39.8 Å². The maximum Gasteiger partial charge on any atom is 0.191 e. The van der Waals surface area contributed by atoms with Crippen molar-refractivity contribution in [1.82, 2.24) is 15.5 Å². The number of aliphatic imine (C=N–C) groups is 1. The maximum atomic E-state index is 13.8. The molecule has 1 aromatic rings. The zero-order chi connectivity index (χ0) is 20.0. The number of hydrogen-bond donors (Lipinski definition) is 2. The number of nitrogens with one attached hydrogen (secondary N) is 2. The standard InChI is InChI=1S/C20H31FN4O2S.HI/c1-2-22-20(24-18-9-12-28(26,27)15-18)23-13-16-7-10-25(11-8-16)14-17-5-3-4-6-19(17)21;/h3-6,16,18H,2,7-15H2,1H3,(H2,22,23,24);1H. The second-order valence-corrected chi connectivity index (χ2v) is 10.0. The van der Waals surface area contributed by atoms with E-state index in [-0.39, 0.29) is 47.3 Å². The Hall–Kier alpha value is -0.940. The van der Waals surface area contributed by atoms with E-state index in [1.807, 2.05) is 19.1 Å². The fourth-order valence-corrected chi connectivity index (χ4v) is 5.51. The molecular formula is C20H32FIN4O2S. The summed E-state index contributed by atoms with van der Waals surface area (Å²) in [5.41, 5.74) is 0.754. The van der Waals surface area contributed by atoms with Gasteiger partial charge in [-0.3, -0.25) is 9.89 Å². The van der Waals surface area contributed by atoms with E-state index in [0.717, 1.165) is 44.6 Å². The van der Waals surface area contributed by atoms with Crippen LogP contribution in [-0.4, -0.2) is 63.0 Å². The number of halogens is 2. The first-order valence-electron chi connectivity index (χ1n) is 10.2. The Bertz CT molecular complexity index is 782. The number of nitrogens with zero attached hydrogens (tertiary/aromatic N) is 2. The molecular weight excluding hydrogens is 506 g/mol. The van der Waals surface area contributed by atoms with Crippen molar-refractivity contribution in [2.24, 2.45) is 10.9 Å². The van der Waals surface area contributed by atoms with Crippen molar-refractivity contribution in [3.05, 3.63) is 35.6 Å². The molecule has 1 atom stereocenters. The van der Waals surface area contributed by atoms with Crippen LogP contribution in [-0.2, 0) is 16.4 Å². The zero-order valence-corrected chi connectivity index (χ0v) is 20.1. The van der Waals surface area contributed by atoms with Crippen molar-refractivity contribution in [3.8, 4) is 0 Å². The van der Waals surface area contributed by atoms with Crippen molar-refractivity contribution < 1.29 is 12.8 Å². The third kappa shape index (κ3) is 7.67. The second-order valence-electron chi connectivity index (χ2n) is 7.77. The van der Waals surface area contributed by atoms with Gasteiger partial charge in [-0.2, -0.15) is 0 Å². The normalized spacial score (nSPS) is 22.8. The van der Waals surface area contributed by atoms with E-state index in [1.54, 1.807) is 6.07 Å². The smallest absolute Gasteiger partial charge is 0.191 e. The molecule has 2 N–H and O–H groups in total. The van der Waals surface area contributed by atoms with Gasteiger partial charge in [0, 0.05) is 31.2 Å². The highest BCUT2D eigenvalue weighted by Gasteiger charge is 2.28. The Morgan fingerprint density at radius 1 is 1.24 bits per heavy atom. The number of sulfone groups is 1. The molecule has 2 fully saturated rings. The van der Waals surface area contributed by atoms with Crippen LogP contribution < -0.4 is 10.6 Å². The summed E-state index contributed by atoms with van der Waals surface area (Å²) >= 11 is 0. The van der Waals surface area contributed by atoms with Crippen LogP contribution in [0.3, 0.4) is 0 Å². The average Bonchev–Trinajstić information content (AvgIpc) is 3.01. The summed E-state index contributed by atoms with van der Waals surface area (Å²) in [7, 11) is -2.90. The van der Waals surface area contributed by atoms with Crippen molar-refractivity contribution in [1.29, 1.82) is 0 Å². The second kappa shape index (κ2) is 11.5. The Morgan fingerprint density at radius 2 is 1.97 bits per heavy atom. The minimum absolute atomic E-state index is 0. The van der Waals surface area contributed by atoms with E-state index in [0.29, 0.717) is 24.8 Å². The first-order valence-corrected chi connectivity index (χ1v) is 12.0. The quantitative estimate of drug-likeness (QED) is 0.331. The fraction of sp³-hybridized carbons (Fsp3) is 0.650. The molecule has 2 aliphatic heterocycles. The van der Waals surface area contributed by atoms with Gasteiger partial charge in [-0.15, -0.1) is 24.0 Å². The van der Waals surface area contributed by atoms with Gasteiger partial charge in [-0.1, -0.05) is 18.2 Å². The van der Waals surface area contributed by atoms with Gasteiger partial charge in [-0.05, 0) is 51.3 Å². The van der Waals surface area contributed by atoms with Crippen LogP contribution in [0.2, 0.25) is 0 Å². The first kappa shape index (κ1) is 24.3. The average molecular weight is 538 g/mol. The fourth-order valence-electron chi connectivity index (χ4n) is 3.84. The van der Waals surface area contributed by atoms with Crippen LogP contribution in [0.1, 0.15) is 31.7 Å². The topological polar surface area (TPSA) is 73.8 Å². The molecule has 0 spiro atoms. The number of likely N-dealkylation sites (tertiary alicyclic amines) is 1. The van der Waals surface area contributed by atoms with E-state index in [1.165, 1.54) is 6.07 Å². The van der Waals surface area contributed by atoms with Crippen LogP contribution in [0.15, 0.2) is 29.3 Å². The summed E-state index contributed by atoms with van der Waals surface area (Å²) in [6, 6.07) is 6.92. The third-order valence-corrected chi connectivity index (χ3v) is 7.25. The number of piperidine rings is 1. The van der Waals surface area contributed by atoms with Gasteiger partial charge in [-0.25, -0.2) is 12.8 Å². The first-order chi connectivity index (χ1) is 13.4. The van der Waals surface area contributed by atoms with E-state index >= 15 is 0 Å². The molecule has 1 aromatic carbocycles. The molecule has 0 saturated carbocycles. The Morgan fingerprint density at radius 3 is 2.59 bits per heavy atom. The molecule has 0 aromatic heterocycles. The van der Waals surface area contributed by atoms with Crippen LogP contribution >= 0.6 is 24.0 Å². The number of benzene rings is 1. The van der Waals surface area contributed by atoms with Gasteiger partial charge < -0.3 is 10.6 Å². The molecule has 1 unspecified atom stereocenters. The predicted molar refractivity (Wildman–Crippen MR) is 126 cm³/mol. The number of hydrogen-bond acceptors (Lipinski definition) is 4. The molecule has 0 amide bonds. The highest BCUT2D eigenvalue weighted by molar-refractivity contribution is 14.0. The molecule has 2 saturated heterocycles. The summed E-state index contributed by atoms with van der Waals surface area (Å²) in [5.74, 6) is 1.51. The SMILES string of the molecule is CCNC(=NCC1CCN(Cc2ccccc2F)CC1)NC1CCS(=O)(=O)C1.I. The molecule has 2 heterocycles. The lowest BCUT2D eigenvalue weighted by Crippen LogP contribution is -2.44. The number of guanidine groups is 1. The summed E-state index contributed by atoms with van der Waals surface area (Å²) < 4.78 is 37.1. The monoisotopic (exact) mass is 538 g/mol. The lowest BCUT2D eigenvalue weighted by atomic mass is 9.96. The molecule has 0 bridgehead atoms. The third-order valence-electron chi connectivity index (χ3n) is 5.48. The Kier molecular flexibility index (Phi) is 9.61. The minimum Gasteiger partial charge on any atom is -0.357 e. The van der Waals surface area contributed by atoms with Crippen molar-refractivity contribution in [3.63, 3.8) is 0 Å². The number of rotatable bonds is 6. The lowest BCUT2D eigenvalue weighted by molar-refractivity contribution is 0.179. The van der Waals surface area contributed by atoms with Crippen LogP contribution in [0, 0.1) is 11.7 Å². The van der Waals surface area contributed by atoms with E-state index in [4.69, 9.17) is 4.99 Å². The van der Waals surface area contributed by atoms with Crippen LogP contribution in [0.5, 0.6) is 0 Å². The molecule has 2 aliphatic rings. The van der Waals surface area contributed by atoms with Crippen LogP contribution in [0.25, 0.3) is 0 Å². The molecule has 6 nitrogen and oxygen atoms in total. The molecule has 0 aliphatic carbocycles. The minimum atomic E-state index is -2.90. The van der Waals surface area contributed by atoms with Gasteiger partial charge >= 0.3 is 0 Å². The largest absolute Gasteiger partial charge is 0.357 e. The summed E-state index contributed by atoms with van der Waals surface area (Å²) in [5, 5.41) is 6.48. The highest BCUT2D eigenvalue weighted by Crippen LogP contribution is 2.20. The van der Waals surface area contributed by atoms with Crippen LogP contribution in [0.4, 0.5) is 4.39 Å². The van der Waals surface area contributed by atoms with Gasteiger partial charge in [0.25, 0.3) is 0 Å². The molecule has 29 heavy (non-hydrogen) atoms. The highest BCUT2D eigenvalue weighted by atomic mass is 127.